The van der Waals surface area contributed by atoms with Gasteiger partial charge in [0.2, 0.25) is 0 Å². The zero-order chi connectivity index (χ0) is 13.6. The van der Waals surface area contributed by atoms with E-state index in [-0.39, 0.29) is 18.1 Å². The highest BCUT2D eigenvalue weighted by molar-refractivity contribution is 5.68. The van der Waals surface area contributed by atoms with E-state index in [1.807, 2.05) is 20.9 Å². The highest BCUT2D eigenvalue weighted by Gasteiger charge is 2.37. The van der Waals surface area contributed by atoms with Gasteiger partial charge in [-0.2, -0.15) is 0 Å². The van der Waals surface area contributed by atoms with Crippen LogP contribution in [0.15, 0.2) is 0 Å². The van der Waals surface area contributed by atoms with E-state index < -0.39 is 5.97 Å². The molecule has 106 valence electrons. The van der Waals surface area contributed by atoms with Crippen LogP contribution in [0.4, 0.5) is 0 Å². The van der Waals surface area contributed by atoms with Gasteiger partial charge in [-0.25, -0.2) is 0 Å². The second-order valence-electron chi connectivity index (χ2n) is 5.70. The zero-order valence-electron chi connectivity index (χ0n) is 11.9. The first-order valence-corrected chi connectivity index (χ1v) is 7.01. The Labute approximate surface area is 110 Å². The van der Waals surface area contributed by atoms with Crippen molar-refractivity contribution in [3.8, 4) is 0 Å². The molecule has 1 N–H and O–H groups in total. The van der Waals surface area contributed by atoms with E-state index in [2.05, 4.69) is 4.90 Å². The number of hydrogen-bond acceptors (Lipinski definition) is 3. The van der Waals surface area contributed by atoms with Crippen LogP contribution in [0, 0.1) is 0 Å². The van der Waals surface area contributed by atoms with E-state index in [0.717, 1.165) is 32.2 Å². The number of likely N-dealkylation sites (N-methyl/N-ethyl adjacent to an activating group) is 1. The van der Waals surface area contributed by atoms with E-state index >= 15 is 0 Å². The fraction of sp³-hybridized carbons (Fsp3) is 0.929. The van der Waals surface area contributed by atoms with Gasteiger partial charge in [-0.3, -0.25) is 9.69 Å². The molecule has 0 spiro atoms. The predicted octanol–water partition coefficient (Wildman–Crippen LogP) is 2.52. The number of hydrogen-bond donors (Lipinski definition) is 1. The Kier molecular flexibility index (Phi) is 6.09. The van der Waals surface area contributed by atoms with Crippen molar-refractivity contribution in [1.29, 1.82) is 0 Å². The molecule has 0 atom stereocenters. The Morgan fingerprint density at radius 1 is 1.33 bits per heavy atom. The summed E-state index contributed by atoms with van der Waals surface area (Å²) in [6.07, 6.45) is 6.00. The molecule has 0 aromatic heterocycles. The van der Waals surface area contributed by atoms with Crippen LogP contribution in [0.1, 0.15) is 52.4 Å². The third-order valence-corrected chi connectivity index (χ3v) is 3.95. The number of nitrogens with zero attached hydrogens (tertiary/aromatic N) is 1. The average molecular weight is 257 g/mol. The minimum absolute atomic E-state index is 0.148. The first-order chi connectivity index (χ1) is 8.46. The molecule has 1 fully saturated rings. The normalized spacial score (nSPS) is 19.4. The summed E-state index contributed by atoms with van der Waals surface area (Å²) in [5.41, 5.74) is -0.148. The van der Waals surface area contributed by atoms with E-state index in [4.69, 9.17) is 9.84 Å². The smallest absolute Gasteiger partial charge is 0.305 e. The lowest BCUT2D eigenvalue weighted by Crippen LogP contribution is -2.50. The van der Waals surface area contributed by atoms with Gasteiger partial charge in [0.25, 0.3) is 0 Å². The fourth-order valence-electron chi connectivity index (χ4n) is 2.85. The maximum Gasteiger partial charge on any atom is 0.305 e. The van der Waals surface area contributed by atoms with Crippen molar-refractivity contribution in [3.05, 3.63) is 0 Å². The van der Waals surface area contributed by atoms with E-state index in [0.29, 0.717) is 6.61 Å². The largest absolute Gasteiger partial charge is 0.481 e. The molecule has 1 saturated carbocycles. The van der Waals surface area contributed by atoms with Crippen LogP contribution in [0.25, 0.3) is 0 Å². The SMILES string of the molecule is CC(C)OCCN(C)C1(CC(=O)O)CCCCC1. The molecule has 0 radical (unpaired) electrons. The molecule has 1 aliphatic carbocycles. The summed E-state index contributed by atoms with van der Waals surface area (Å²) in [5.74, 6) is -0.687. The Morgan fingerprint density at radius 3 is 2.44 bits per heavy atom. The van der Waals surface area contributed by atoms with Crippen molar-refractivity contribution in [2.45, 2.75) is 64.0 Å². The van der Waals surface area contributed by atoms with Gasteiger partial charge in [0.1, 0.15) is 0 Å². The van der Waals surface area contributed by atoms with Crippen molar-refractivity contribution in [3.63, 3.8) is 0 Å². The predicted molar refractivity (Wildman–Crippen MR) is 71.8 cm³/mol. The lowest BCUT2D eigenvalue weighted by Gasteiger charge is -2.44. The van der Waals surface area contributed by atoms with Crippen molar-refractivity contribution >= 4 is 5.97 Å². The van der Waals surface area contributed by atoms with Crippen LogP contribution in [-0.4, -0.2) is 47.8 Å². The first-order valence-electron chi connectivity index (χ1n) is 7.01. The van der Waals surface area contributed by atoms with Crippen LogP contribution >= 0.6 is 0 Å². The van der Waals surface area contributed by atoms with Gasteiger partial charge in [0, 0.05) is 12.1 Å². The Bertz CT molecular complexity index is 260. The molecule has 0 aliphatic heterocycles. The molecule has 18 heavy (non-hydrogen) atoms. The third-order valence-electron chi connectivity index (χ3n) is 3.95. The Morgan fingerprint density at radius 2 is 1.94 bits per heavy atom. The molecule has 0 aromatic carbocycles. The summed E-state index contributed by atoms with van der Waals surface area (Å²) in [6, 6.07) is 0. The molecule has 4 nitrogen and oxygen atoms in total. The second kappa shape index (κ2) is 7.10. The van der Waals surface area contributed by atoms with E-state index in [9.17, 15) is 4.79 Å². The maximum absolute atomic E-state index is 11.1. The molecule has 1 rings (SSSR count). The molecular formula is C14H27NO3. The van der Waals surface area contributed by atoms with Crippen LogP contribution < -0.4 is 0 Å². The van der Waals surface area contributed by atoms with Crippen molar-refractivity contribution in [2.24, 2.45) is 0 Å². The van der Waals surface area contributed by atoms with Gasteiger partial charge in [0.05, 0.1) is 19.1 Å². The number of carboxylic acid groups (broad SMARTS) is 1. The number of ether oxygens (including phenoxy) is 1. The monoisotopic (exact) mass is 257 g/mol. The summed E-state index contributed by atoms with van der Waals surface area (Å²) in [4.78, 5) is 13.3. The van der Waals surface area contributed by atoms with Crippen molar-refractivity contribution in [1.82, 2.24) is 4.90 Å². The van der Waals surface area contributed by atoms with Gasteiger partial charge in [-0.1, -0.05) is 19.3 Å². The topological polar surface area (TPSA) is 49.8 Å². The van der Waals surface area contributed by atoms with Crippen LogP contribution in [0.3, 0.4) is 0 Å². The standard InChI is InChI=1S/C14H27NO3/c1-12(2)18-10-9-15(3)14(11-13(16)17)7-5-4-6-8-14/h12H,4-11H2,1-3H3,(H,16,17). The Balaban J connectivity index is 2.55. The van der Waals surface area contributed by atoms with Gasteiger partial charge in [-0.05, 0) is 33.7 Å². The zero-order valence-corrected chi connectivity index (χ0v) is 11.9. The fourth-order valence-corrected chi connectivity index (χ4v) is 2.85. The summed E-state index contributed by atoms with van der Waals surface area (Å²) in [5, 5.41) is 9.14. The summed E-state index contributed by atoms with van der Waals surface area (Å²) < 4.78 is 5.56. The second-order valence-corrected chi connectivity index (χ2v) is 5.70. The van der Waals surface area contributed by atoms with Gasteiger partial charge in [-0.15, -0.1) is 0 Å². The highest BCUT2D eigenvalue weighted by Crippen LogP contribution is 2.35. The number of carbonyl (C=O) groups is 1. The lowest BCUT2D eigenvalue weighted by atomic mass is 9.78. The quantitative estimate of drug-likeness (QED) is 0.761. The lowest BCUT2D eigenvalue weighted by molar-refractivity contribution is -0.141. The number of aliphatic carboxylic acids is 1. The maximum atomic E-state index is 11.1. The average Bonchev–Trinajstić information content (AvgIpc) is 2.28. The first kappa shape index (κ1) is 15.4. The van der Waals surface area contributed by atoms with Crippen LogP contribution in [0.2, 0.25) is 0 Å². The molecular weight excluding hydrogens is 230 g/mol. The molecule has 0 unspecified atom stereocenters. The van der Waals surface area contributed by atoms with Crippen molar-refractivity contribution in [2.75, 3.05) is 20.2 Å². The molecule has 1 aliphatic rings. The molecule has 0 heterocycles. The molecule has 0 aromatic rings. The van der Waals surface area contributed by atoms with Crippen LogP contribution in [0.5, 0.6) is 0 Å². The summed E-state index contributed by atoms with van der Waals surface area (Å²) in [6.45, 7) is 5.53. The minimum Gasteiger partial charge on any atom is -0.481 e. The highest BCUT2D eigenvalue weighted by atomic mass is 16.5. The van der Waals surface area contributed by atoms with Gasteiger partial charge in [0.15, 0.2) is 0 Å². The number of carboxylic acids is 1. The molecule has 0 saturated heterocycles. The summed E-state index contributed by atoms with van der Waals surface area (Å²) in [7, 11) is 2.04. The van der Waals surface area contributed by atoms with E-state index in [1.54, 1.807) is 0 Å². The summed E-state index contributed by atoms with van der Waals surface area (Å²) >= 11 is 0. The molecule has 0 amide bonds. The Hall–Kier alpha value is -0.610. The van der Waals surface area contributed by atoms with Crippen molar-refractivity contribution < 1.29 is 14.6 Å². The minimum atomic E-state index is -0.687. The van der Waals surface area contributed by atoms with E-state index in [1.165, 1.54) is 6.42 Å². The molecule has 4 heteroatoms. The van der Waals surface area contributed by atoms with Gasteiger partial charge < -0.3 is 9.84 Å². The van der Waals surface area contributed by atoms with Gasteiger partial charge >= 0.3 is 5.97 Å². The van der Waals surface area contributed by atoms with Crippen LogP contribution in [-0.2, 0) is 9.53 Å². The molecule has 0 bridgehead atoms. The number of rotatable bonds is 7. The third kappa shape index (κ3) is 4.58.